The van der Waals surface area contributed by atoms with Crippen LogP contribution in [-0.4, -0.2) is 52.1 Å². The fourth-order valence-corrected chi connectivity index (χ4v) is 3.78. The molecular formula is C21H16Br2ClF5N4O3. The lowest BCUT2D eigenvalue weighted by Crippen LogP contribution is -2.41. The molecule has 7 nitrogen and oxygen atoms in total. The van der Waals surface area contributed by atoms with Gasteiger partial charge in [-0.1, -0.05) is 44.0 Å². The van der Waals surface area contributed by atoms with Crippen molar-refractivity contribution in [2.75, 3.05) is 30.3 Å². The van der Waals surface area contributed by atoms with Gasteiger partial charge in [-0.2, -0.15) is 13.2 Å². The van der Waals surface area contributed by atoms with Crippen LogP contribution in [0.4, 0.5) is 38.1 Å². The molecule has 1 heterocycles. The van der Waals surface area contributed by atoms with E-state index in [0.29, 0.717) is 11.0 Å². The van der Waals surface area contributed by atoms with E-state index in [4.69, 9.17) is 16.3 Å². The number of carbonyl (C=O) groups excluding carboxylic acids is 2. The maximum absolute atomic E-state index is 14.6. The smallest absolute Gasteiger partial charge is 0.419 e. The molecule has 0 aliphatic carbocycles. The zero-order valence-electron chi connectivity index (χ0n) is 18.3. The van der Waals surface area contributed by atoms with Crippen LogP contribution in [0.3, 0.4) is 0 Å². The van der Waals surface area contributed by atoms with E-state index >= 15 is 0 Å². The number of aliphatic imine (C=N–C) groups is 1. The summed E-state index contributed by atoms with van der Waals surface area (Å²) in [7, 11) is 2.13. The highest BCUT2D eigenvalue weighted by Gasteiger charge is 2.45. The van der Waals surface area contributed by atoms with Gasteiger partial charge in [0, 0.05) is 7.05 Å². The SMILES string of the molecule is COc1c(NC(N=C2C(=O)N(C)C(=O)N2c2ccccc2F)C(Br)(Br)CCl)ccc(C(F)(F)F)c1F. The number of nitrogens with zero attached hydrogens (tertiary/aromatic N) is 3. The molecule has 0 spiro atoms. The number of amides is 3. The number of benzene rings is 2. The number of amidine groups is 1. The third kappa shape index (κ3) is 5.30. The molecule has 3 rings (SSSR count). The highest BCUT2D eigenvalue weighted by atomic mass is 79.9. The Morgan fingerprint density at radius 1 is 1.14 bits per heavy atom. The molecular weight excluding hydrogens is 647 g/mol. The van der Waals surface area contributed by atoms with E-state index in [1.165, 1.54) is 18.2 Å². The Balaban J connectivity index is 2.15. The highest BCUT2D eigenvalue weighted by molar-refractivity contribution is 9.25. The van der Waals surface area contributed by atoms with Crippen molar-refractivity contribution in [1.29, 1.82) is 0 Å². The Morgan fingerprint density at radius 3 is 2.33 bits per heavy atom. The van der Waals surface area contributed by atoms with Gasteiger partial charge < -0.3 is 10.1 Å². The summed E-state index contributed by atoms with van der Waals surface area (Å²) >= 11 is 12.5. The summed E-state index contributed by atoms with van der Waals surface area (Å²) in [6.07, 6.45) is -6.35. The number of ether oxygens (including phenoxy) is 1. The van der Waals surface area contributed by atoms with Crippen LogP contribution in [0.5, 0.6) is 5.75 Å². The number of para-hydroxylation sites is 1. The Morgan fingerprint density at radius 2 is 1.78 bits per heavy atom. The number of hydrogen-bond acceptors (Lipinski definition) is 5. The number of nitrogens with one attached hydrogen (secondary N) is 1. The van der Waals surface area contributed by atoms with Crippen molar-refractivity contribution in [1.82, 2.24) is 4.90 Å². The molecule has 1 aliphatic rings. The first-order chi connectivity index (χ1) is 16.7. The summed E-state index contributed by atoms with van der Waals surface area (Å²) in [5.41, 5.74) is -2.09. The normalized spacial score (nSPS) is 16.7. The Hall–Kier alpha value is -2.45. The molecule has 1 aliphatic heterocycles. The number of likely N-dealkylation sites (N-methyl/N-ethyl adjacent to an activating group) is 1. The maximum Gasteiger partial charge on any atom is 0.419 e. The summed E-state index contributed by atoms with van der Waals surface area (Å²) in [6, 6.07) is 5.66. The molecule has 0 radical (unpaired) electrons. The summed E-state index contributed by atoms with van der Waals surface area (Å²) in [6.45, 7) is 0. The second-order valence-electron chi connectivity index (χ2n) is 7.33. The predicted octanol–water partition coefficient (Wildman–Crippen LogP) is 5.95. The van der Waals surface area contributed by atoms with Gasteiger partial charge in [0.15, 0.2) is 11.6 Å². The number of urea groups is 1. The van der Waals surface area contributed by atoms with Gasteiger partial charge in [0.1, 0.15) is 15.2 Å². The van der Waals surface area contributed by atoms with Crippen LogP contribution in [0.25, 0.3) is 0 Å². The summed E-state index contributed by atoms with van der Waals surface area (Å²) in [4.78, 5) is 31.3. The van der Waals surface area contributed by atoms with Crippen molar-refractivity contribution in [2.45, 2.75) is 15.6 Å². The van der Waals surface area contributed by atoms with Crippen LogP contribution in [0.2, 0.25) is 0 Å². The fraction of sp³-hybridized carbons (Fsp3) is 0.286. The number of methoxy groups -OCH3 is 1. The number of hydrogen-bond donors (Lipinski definition) is 1. The van der Waals surface area contributed by atoms with Gasteiger partial charge in [0.25, 0.3) is 5.91 Å². The zero-order chi connectivity index (χ0) is 27.0. The van der Waals surface area contributed by atoms with E-state index in [1.54, 1.807) is 0 Å². The van der Waals surface area contributed by atoms with Crippen LogP contribution in [-0.2, 0) is 11.0 Å². The van der Waals surface area contributed by atoms with Gasteiger partial charge in [0.2, 0.25) is 5.84 Å². The first-order valence-corrected chi connectivity index (χ1v) is 11.9. The van der Waals surface area contributed by atoms with Crippen LogP contribution >= 0.6 is 43.5 Å². The van der Waals surface area contributed by atoms with E-state index < -0.39 is 56.3 Å². The van der Waals surface area contributed by atoms with E-state index in [9.17, 15) is 31.5 Å². The molecule has 0 bridgehead atoms. The van der Waals surface area contributed by atoms with E-state index in [0.717, 1.165) is 31.2 Å². The molecule has 2 aromatic carbocycles. The van der Waals surface area contributed by atoms with E-state index in [1.807, 2.05) is 0 Å². The largest absolute Gasteiger partial charge is 0.492 e. The van der Waals surface area contributed by atoms with Crippen LogP contribution in [0, 0.1) is 11.6 Å². The van der Waals surface area contributed by atoms with Crippen molar-refractivity contribution >= 4 is 72.6 Å². The van der Waals surface area contributed by atoms with E-state index in [-0.39, 0.29) is 17.3 Å². The van der Waals surface area contributed by atoms with Crippen molar-refractivity contribution < 1.29 is 36.3 Å². The molecule has 194 valence electrons. The fourth-order valence-electron chi connectivity index (χ4n) is 3.20. The number of anilines is 2. The molecule has 0 saturated carbocycles. The van der Waals surface area contributed by atoms with Gasteiger partial charge in [-0.05, 0) is 24.3 Å². The molecule has 1 unspecified atom stereocenters. The highest BCUT2D eigenvalue weighted by Crippen LogP contribution is 2.41. The minimum Gasteiger partial charge on any atom is -0.492 e. The van der Waals surface area contributed by atoms with Crippen LogP contribution in [0.15, 0.2) is 41.4 Å². The topological polar surface area (TPSA) is 74.2 Å². The minimum absolute atomic E-state index is 0.245. The number of carbonyl (C=O) groups is 2. The summed E-state index contributed by atoms with van der Waals surface area (Å²) < 4.78 is 72.1. The summed E-state index contributed by atoms with van der Waals surface area (Å²) in [5.74, 6) is -4.95. The quantitative estimate of drug-likeness (QED) is 0.226. The number of imide groups is 1. The lowest BCUT2D eigenvalue weighted by molar-refractivity contribution is -0.140. The molecule has 1 N–H and O–H groups in total. The van der Waals surface area contributed by atoms with Gasteiger partial charge in [-0.3, -0.25) is 9.69 Å². The molecule has 2 aromatic rings. The molecule has 1 fully saturated rings. The average Bonchev–Trinajstić information content (AvgIpc) is 3.01. The van der Waals surface area contributed by atoms with Crippen molar-refractivity contribution in [3.8, 4) is 5.75 Å². The molecule has 15 heteroatoms. The molecule has 36 heavy (non-hydrogen) atoms. The van der Waals surface area contributed by atoms with Gasteiger partial charge >= 0.3 is 12.2 Å². The third-order valence-corrected chi connectivity index (χ3v) is 7.50. The van der Waals surface area contributed by atoms with Crippen LogP contribution in [0.1, 0.15) is 5.56 Å². The standard InChI is InChI=1S/C21H16Br2ClF5N4O3/c1-32-17(34)16(33(19(32)35)13-6-4-3-5-11(13)25)31-18(20(22,23)9-24)30-12-8-7-10(21(27,28)29)14(26)15(12)36-2/h3-8,18,30H,9H2,1-2H3. The van der Waals surface area contributed by atoms with Crippen molar-refractivity contribution in [3.63, 3.8) is 0 Å². The first-order valence-electron chi connectivity index (χ1n) is 9.83. The zero-order valence-corrected chi connectivity index (χ0v) is 22.3. The molecule has 3 amide bonds. The van der Waals surface area contributed by atoms with E-state index in [2.05, 4.69) is 42.2 Å². The van der Waals surface area contributed by atoms with Crippen molar-refractivity contribution in [2.24, 2.45) is 4.99 Å². The van der Waals surface area contributed by atoms with Gasteiger partial charge in [0.05, 0.1) is 29.9 Å². The van der Waals surface area contributed by atoms with Gasteiger partial charge in [-0.15, -0.1) is 11.6 Å². The molecule has 1 saturated heterocycles. The number of halogens is 8. The van der Waals surface area contributed by atoms with Crippen LogP contribution < -0.4 is 15.0 Å². The summed E-state index contributed by atoms with van der Waals surface area (Å²) in [5, 5.41) is 2.67. The Labute approximate surface area is 223 Å². The lowest BCUT2D eigenvalue weighted by Gasteiger charge is -2.29. The second-order valence-corrected chi connectivity index (χ2v) is 11.5. The second kappa shape index (κ2) is 10.5. The Kier molecular flexibility index (Phi) is 8.20. The molecule has 1 atom stereocenters. The maximum atomic E-state index is 14.6. The lowest BCUT2D eigenvalue weighted by atomic mass is 10.1. The average molecular weight is 663 g/mol. The minimum atomic E-state index is -4.98. The monoisotopic (exact) mass is 660 g/mol. The molecule has 0 aromatic heterocycles. The predicted molar refractivity (Wildman–Crippen MR) is 131 cm³/mol. The Bertz CT molecular complexity index is 1230. The number of rotatable bonds is 7. The third-order valence-electron chi connectivity index (χ3n) is 5.01. The number of alkyl halides is 6. The first kappa shape index (κ1) is 28.1. The van der Waals surface area contributed by atoms with Crippen molar-refractivity contribution in [3.05, 3.63) is 53.6 Å². The van der Waals surface area contributed by atoms with Gasteiger partial charge in [-0.25, -0.2) is 23.5 Å².